The summed E-state index contributed by atoms with van der Waals surface area (Å²) >= 11 is 3.35. The molecule has 0 aromatic heterocycles. The van der Waals surface area contributed by atoms with E-state index in [1.165, 1.54) is 23.1 Å². The first kappa shape index (κ1) is 24.8. The summed E-state index contributed by atoms with van der Waals surface area (Å²) in [5, 5.41) is 2.67. The average Bonchev–Trinajstić information content (AvgIpc) is 2.71. The van der Waals surface area contributed by atoms with Crippen LogP contribution in [0.4, 0.5) is 10.1 Å². The maximum atomic E-state index is 14.3. The molecule has 2 aromatic rings. The van der Waals surface area contributed by atoms with Gasteiger partial charge in [0.05, 0.1) is 11.9 Å². The van der Waals surface area contributed by atoms with Gasteiger partial charge in [0.1, 0.15) is 18.4 Å². The summed E-state index contributed by atoms with van der Waals surface area (Å²) in [6, 6.07) is 11.6. The molecule has 2 aromatic carbocycles. The molecule has 0 saturated heterocycles. The van der Waals surface area contributed by atoms with Crippen LogP contribution in [0.15, 0.2) is 53.0 Å². The van der Waals surface area contributed by atoms with E-state index in [1.54, 1.807) is 38.1 Å². The molecular weight excluding hydrogens is 489 g/mol. The number of carbonyl (C=O) groups is 2. The average molecular weight is 514 g/mol. The molecule has 0 fully saturated rings. The lowest BCUT2D eigenvalue weighted by molar-refractivity contribution is -0.139. The Kier molecular flexibility index (Phi) is 8.58. The van der Waals surface area contributed by atoms with Gasteiger partial charge >= 0.3 is 0 Å². The first-order chi connectivity index (χ1) is 14.5. The third kappa shape index (κ3) is 6.76. The molecule has 0 heterocycles. The highest BCUT2D eigenvalue weighted by atomic mass is 79.9. The minimum atomic E-state index is -3.96. The minimum Gasteiger partial charge on any atom is -0.355 e. The Labute approximate surface area is 190 Å². The third-order valence-corrected chi connectivity index (χ3v) is 6.24. The van der Waals surface area contributed by atoms with Gasteiger partial charge in [-0.15, -0.1) is 0 Å². The number of rotatable bonds is 9. The fourth-order valence-electron chi connectivity index (χ4n) is 2.94. The molecule has 1 atom stereocenters. The van der Waals surface area contributed by atoms with Crippen LogP contribution in [0.2, 0.25) is 0 Å². The molecule has 0 aliphatic heterocycles. The van der Waals surface area contributed by atoms with E-state index in [0.717, 1.165) is 22.4 Å². The molecule has 10 heteroatoms. The maximum Gasteiger partial charge on any atom is 0.244 e. The number of carbonyl (C=O) groups excluding carboxylic acids is 2. The van der Waals surface area contributed by atoms with Crippen molar-refractivity contribution in [1.29, 1.82) is 0 Å². The van der Waals surface area contributed by atoms with Crippen molar-refractivity contribution in [2.45, 2.75) is 26.4 Å². The molecule has 0 bridgehead atoms. The summed E-state index contributed by atoms with van der Waals surface area (Å²) < 4.78 is 40.6. The molecule has 7 nitrogen and oxygen atoms in total. The number of halogens is 2. The van der Waals surface area contributed by atoms with E-state index in [1.807, 2.05) is 0 Å². The number of likely N-dealkylation sites (N-methyl/N-ethyl adjacent to an activating group) is 1. The van der Waals surface area contributed by atoms with Crippen LogP contribution in [-0.4, -0.2) is 50.5 Å². The van der Waals surface area contributed by atoms with Crippen LogP contribution in [0.3, 0.4) is 0 Å². The van der Waals surface area contributed by atoms with Crippen LogP contribution >= 0.6 is 15.9 Å². The summed E-state index contributed by atoms with van der Waals surface area (Å²) in [5.74, 6) is -1.77. The zero-order valence-corrected chi connectivity index (χ0v) is 19.9. The Morgan fingerprint density at radius 2 is 1.74 bits per heavy atom. The minimum absolute atomic E-state index is 0.0826. The van der Waals surface area contributed by atoms with Crippen LogP contribution in [0.25, 0.3) is 0 Å². The van der Waals surface area contributed by atoms with Crippen molar-refractivity contribution in [2.24, 2.45) is 0 Å². The van der Waals surface area contributed by atoms with Crippen LogP contribution in [0.1, 0.15) is 19.4 Å². The zero-order valence-electron chi connectivity index (χ0n) is 17.5. The fourth-order valence-corrected chi connectivity index (χ4v) is 4.05. The zero-order chi connectivity index (χ0) is 23.2. The number of nitrogens with zero attached hydrogens (tertiary/aromatic N) is 2. The molecule has 1 unspecified atom stereocenters. The second-order valence-electron chi connectivity index (χ2n) is 6.94. The number of anilines is 1. The topological polar surface area (TPSA) is 86.8 Å². The summed E-state index contributed by atoms with van der Waals surface area (Å²) in [6.07, 6.45) is 0.902. The number of hydrogen-bond acceptors (Lipinski definition) is 4. The monoisotopic (exact) mass is 513 g/mol. The van der Waals surface area contributed by atoms with Gasteiger partial charge in [0.25, 0.3) is 0 Å². The Morgan fingerprint density at radius 1 is 1.13 bits per heavy atom. The molecule has 0 saturated carbocycles. The number of hydrogen-bond donors (Lipinski definition) is 1. The molecule has 168 valence electrons. The Bertz CT molecular complexity index is 1030. The predicted octanol–water partition coefficient (Wildman–Crippen LogP) is 2.91. The molecule has 0 spiro atoms. The molecule has 0 aliphatic rings. The molecule has 1 N–H and O–H groups in total. The van der Waals surface area contributed by atoms with E-state index in [-0.39, 0.29) is 18.1 Å². The number of para-hydroxylation sites is 1. The molecule has 2 rings (SSSR count). The summed E-state index contributed by atoms with van der Waals surface area (Å²) in [5.41, 5.74) is 0.525. The van der Waals surface area contributed by atoms with Gasteiger partial charge in [0.15, 0.2) is 0 Å². The number of nitrogens with one attached hydrogen (secondary N) is 1. The van der Waals surface area contributed by atoms with Crippen molar-refractivity contribution in [3.63, 3.8) is 0 Å². The lowest BCUT2D eigenvalue weighted by Crippen LogP contribution is -2.51. The lowest BCUT2D eigenvalue weighted by atomic mass is 10.1. The lowest BCUT2D eigenvalue weighted by Gasteiger charge is -2.31. The van der Waals surface area contributed by atoms with Gasteiger partial charge in [0.2, 0.25) is 21.8 Å². The number of benzene rings is 2. The molecular formula is C21H25BrFN3O4S. The van der Waals surface area contributed by atoms with E-state index >= 15 is 0 Å². The van der Waals surface area contributed by atoms with Gasteiger partial charge < -0.3 is 10.2 Å². The number of sulfonamides is 1. The van der Waals surface area contributed by atoms with Crippen LogP contribution < -0.4 is 9.62 Å². The van der Waals surface area contributed by atoms with Gasteiger partial charge in [0, 0.05) is 17.6 Å². The predicted molar refractivity (Wildman–Crippen MR) is 121 cm³/mol. The maximum absolute atomic E-state index is 14.3. The quantitative estimate of drug-likeness (QED) is 0.558. The van der Waals surface area contributed by atoms with Crippen molar-refractivity contribution < 1.29 is 22.4 Å². The smallest absolute Gasteiger partial charge is 0.244 e. The third-order valence-electron chi connectivity index (χ3n) is 4.58. The standard InChI is InChI=1S/C21H25BrFN3O4S/c1-4-24-21(28)15(2)25(13-16-9-11-17(22)12-10-16)20(27)14-26(31(3,29)30)19-8-6-5-7-18(19)23/h5-12,15H,4,13-14H2,1-3H3,(H,24,28). The highest BCUT2D eigenvalue weighted by Crippen LogP contribution is 2.22. The second-order valence-corrected chi connectivity index (χ2v) is 9.76. The van der Waals surface area contributed by atoms with Crippen molar-refractivity contribution in [3.05, 3.63) is 64.4 Å². The van der Waals surface area contributed by atoms with E-state index < -0.39 is 34.3 Å². The van der Waals surface area contributed by atoms with Crippen molar-refractivity contribution >= 4 is 43.5 Å². The van der Waals surface area contributed by atoms with Crippen LogP contribution in [-0.2, 0) is 26.2 Å². The Morgan fingerprint density at radius 3 is 2.29 bits per heavy atom. The summed E-state index contributed by atoms with van der Waals surface area (Å²) in [6.45, 7) is 3.15. The van der Waals surface area contributed by atoms with Gasteiger partial charge in [-0.1, -0.05) is 40.2 Å². The number of amides is 2. The fraction of sp³-hybridized carbons (Fsp3) is 0.333. The Balaban J connectivity index is 2.38. The van der Waals surface area contributed by atoms with Crippen molar-refractivity contribution in [1.82, 2.24) is 10.2 Å². The normalized spacial score (nSPS) is 12.2. The first-order valence-corrected chi connectivity index (χ1v) is 12.2. The molecule has 31 heavy (non-hydrogen) atoms. The van der Waals surface area contributed by atoms with E-state index in [9.17, 15) is 22.4 Å². The summed E-state index contributed by atoms with van der Waals surface area (Å²) in [4.78, 5) is 26.9. The van der Waals surface area contributed by atoms with Gasteiger partial charge in [-0.05, 0) is 43.7 Å². The van der Waals surface area contributed by atoms with Crippen molar-refractivity contribution in [2.75, 3.05) is 23.7 Å². The van der Waals surface area contributed by atoms with Gasteiger partial charge in [-0.25, -0.2) is 12.8 Å². The SMILES string of the molecule is CCNC(=O)C(C)N(Cc1ccc(Br)cc1)C(=O)CN(c1ccccc1F)S(C)(=O)=O. The van der Waals surface area contributed by atoms with E-state index in [4.69, 9.17) is 0 Å². The second kappa shape index (κ2) is 10.7. The molecule has 0 radical (unpaired) electrons. The van der Waals surface area contributed by atoms with Gasteiger partial charge in [-0.2, -0.15) is 0 Å². The van der Waals surface area contributed by atoms with E-state index in [2.05, 4.69) is 21.2 Å². The van der Waals surface area contributed by atoms with Crippen LogP contribution in [0, 0.1) is 5.82 Å². The van der Waals surface area contributed by atoms with Crippen molar-refractivity contribution in [3.8, 4) is 0 Å². The van der Waals surface area contributed by atoms with Crippen LogP contribution in [0.5, 0.6) is 0 Å². The highest BCUT2D eigenvalue weighted by molar-refractivity contribution is 9.10. The molecule has 0 aliphatic carbocycles. The first-order valence-electron chi connectivity index (χ1n) is 9.58. The molecule has 2 amide bonds. The highest BCUT2D eigenvalue weighted by Gasteiger charge is 2.30. The van der Waals surface area contributed by atoms with Gasteiger partial charge in [-0.3, -0.25) is 13.9 Å². The van der Waals surface area contributed by atoms with E-state index in [0.29, 0.717) is 10.8 Å². The Hall–Kier alpha value is -2.46. The summed E-state index contributed by atoms with van der Waals surface area (Å²) in [7, 11) is -3.96. The largest absolute Gasteiger partial charge is 0.355 e.